The molecule has 0 saturated heterocycles. The molecule has 1 aromatic carbocycles. The maximum absolute atomic E-state index is 11.3. The molecule has 1 aromatic rings. The van der Waals surface area contributed by atoms with Crippen LogP contribution in [0.5, 0.6) is 11.5 Å². The Kier molecular flexibility index (Phi) is 7.07. The van der Waals surface area contributed by atoms with E-state index >= 15 is 0 Å². The third-order valence-corrected chi connectivity index (χ3v) is 3.70. The van der Waals surface area contributed by atoms with Gasteiger partial charge in [0.2, 0.25) is 0 Å². The Morgan fingerprint density at radius 2 is 1.73 bits per heavy atom. The molecular formula is C15H27N3O4+2. The summed E-state index contributed by atoms with van der Waals surface area (Å²) in [7, 11) is 7.22. The zero-order valence-corrected chi connectivity index (χ0v) is 14.1. The number of nitrogens with one attached hydrogen (secondary N) is 2. The molecule has 124 valence electrons. The summed E-state index contributed by atoms with van der Waals surface area (Å²) < 4.78 is 10.4. The Morgan fingerprint density at radius 1 is 1.14 bits per heavy atom. The summed E-state index contributed by atoms with van der Waals surface area (Å²) >= 11 is 0. The number of nitro groups is 1. The maximum atomic E-state index is 11.3. The van der Waals surface area contributed by atoms with E-state index in [0.29, 0.717) is 23.6 Å². The SMILES string of the molecule is CC[NH+](CC[NH+](C)C)Cc1cc(OC)c(OC)cc1[N+](=O)[O-]. The third kappa shape index (κ3) is 4.85. The van der Waals surface area contributed by atoms with Crippen molar-refractivity contribution >= 4 is 5.69 Å². The molecule has 0 aliphatic rings. The average molecular weight is 313 g/mol. The molecule has 1 rings (SSSR count). The van der Waals surface area contributed by atoms with Crippen LogP contribution in [0.25, 0.3) is 0 Å². The van der Waals surface area contributed by atoms with Crippen LogP contribution in [0.1, 0.15) is 12.5 Å². The minimum Gasteiger partial charge on any atom is -0.493 e. The number of benzene rings is 1. The monoisotopic (exact) mass is 313 g/mol. The van der Waals surface area contributed by atoms with Gasteiger partial charge in [0.15, 0.2) is 11.5 Å². The van der Waals surface area contributed by atoms with Crippen LogP contribution in [0, 0.1) is 10.1 Å². The molecule has 0 saturated carbocycles. The Labute approximate surface area is 131 Å². The normalized spacial score (nSPS) is 12.3. The summed E-state index contributed by atoms with van der Waals surface area (Å²) in [5, 5.41) is 11.3. The molecule has 0 fully saturated rings. The van der Waals surface area contributed by atoms with Gasteiger partial charge in [-0.3, -0.25) is 10.1 Å². The van der Waals surface area contributed by atoms with Gasteiger partial charge in [-0.2, -0.15) is 0 Å². The van der Waals surface area contributed by atoms with Gasteiger partial charge in [-0.25, -0.2) is 0 Å². The minimum absolute atomic E-state index is 0.0841. The minimum atomic E-state index is -0.359. The van der Waals surface area contributed by atoms with E-state index in [1.165, 1.54) is 30.1 Å². The maximum Gasteiger partial charge on any atom is 0.282 e. The van der Waals surface area contributed by atoms with E-state index < -0.39 is 0 Å². The zero-order chi connectivity index (χ0) is 16.7. The fourth-order valence-corrected chi connectivity index (χ4v) is 2.31. The molecule has 0 amide bonds. The van der Waals surface area contributed by atoms with Gasteiger partial charge >= 0.3 is 0 Å². The van der Waals surface area contributed by atoms with E-state index in [-0.39, 0.29) is 10.6 Å². The van der Waals surface area contributed by atoms with Crippen molar-refractivity contribution in [3.05, 3.63) is 27.8 Å². The molecule has 2 N–H and O–H groups in total. The quantitative estimate of drug-likeness (QED) is 0.461. The number of methoxy groups -OCH3 is 2. The number of ether oxygens (including phenoxy) is 2. The molecule has 1 unspecified atom stereocenters. The lowest BCUT2D eigenvalue weighted by Gasteiger charge is -2.19. The number of rotatable bonds is 9. The van der Waals surface area contributed by atoms with Crippen LogP contribution in [0.2, 0.25) is 0 Å². The molecule has 0 aliphatic heterocycles. The highest BCUT2D eigenvalue weighted by molar-refractivity contribution is 5.53. The highest BCUT2D eigenvalue weighted by Gasteiger charge is 2.23. The molecule has 0 aromatic heterocycles. The fraction of sp³-hybridized carbons (Fsp3) is 0.600. The first-order valence-corrected chi connectivity index (χ1v) is 7.44. The van der Waals surface area contributed by atoms with Crippen molar-refractivity contribution in [2.24, 2.45) is 0 Å². The molecule has 7 heteroatoms. The molecular weight excluding hydrogens is 286 g/mol. The standard InChI is InChI=1S/C15H25N3O4/c1-6-17(8-7-16(2)3)11-12-9-14(21-4)15(22-5)10-13(12)18(19)20/h9-10H,6-8,11H2,1-5H3/p+2. The van der Waals surface area contributed by atoms with E-state index in [9.17, 15) is 10.1 Å². The second kappa shape index (κ2) is 8.55. The van der Waals surface area contributed by atoms with E-state index in [1.54, 1.807) is 6.07 Å². The largest absolute Gasteiger partial charge is 0.493 e. The number of likely N-dealkylation sites (N-methyl/N-ethyl adjacent to an activating group) is 2. The first-order valence-electron chi connectivity index (χ1n) is 7.44. The Hall–Kier alpha value is -1.86. The van der Waals surface area contributed by atoms with Crippen molar-refractivity contribution < 1.29 is 24.2 Å². The lowest BCUT2D eigenvalue weighted by molar-refractivity contribution is -0.949. The van der Waals surface area contributed by atoms with Gasteiger partial charge in [-0.05, 0) is 13.0 Å². The third-order valence-electron chi connectivity index (χ3n) is 3.70. The van der Waals surface area contributed by atoms with Gasteiger partial charge in [0.25, 0.3) is 5.69 Å². The van der Waals surface area contributed by atoms with E-state index in [2.05, 4.69) is 21.0 Å². The van der Waals surface area contributed by atoms with Crippen LogP contribution >= 0.6 is 0 Å². The smallest absolute Gasteiger partial charge is 0.282 e. The average Bonchev–Trinajstić information content (AvgIpc) is 2.50. The van der Waals surface area contributed by atoms with Gasteiger partial charge in [0, 0.05) is 0 Å². The summed E-state index contributed by atoms with van der Waals surface area (Å²) in [4.78, 5) is 13.6. The number of nitrogens with zero attached hydrogens (tertiary/aromatic N) is 1. The summed E-state index contributed by atoms with van der Waals surface area (Å²) in [5.74, 6) is 0.908. The number of quaternary nitrogens is 2. The number of hydrogen-bond donors (Lipinski definition) is 2. The molecule has 1 atom stereocenters. The van der Waals surface area contributed by atoms with Crippen molar-refractivity contribution in [1.29, 1.82) is 0 Å². The summed E-state index contributed by atoms with van der Waals surface area (Å²) in [6.07, 6.45) is 0. The molecule has 0 aliphatic carbocycles. The van der Waals surface area contributed by atoms with Crippen molar-refractivity contribution in [3.63, 3.8) is 0 Å². The fourth-order valence-electron chi connectivity index (χ4n) is 2.31. The van der Waals surface area contributed by atoms with Crippen molar-refractivity contribution in [3.8, 4) is 11.5 Å². The predicted octanol–water partition coefficient (Wildman–Crippen LogP) is -0.839. The first kappa shape index (κ1) is 18.2. The second-order valence-corrected chi connectivity index (χ2v) is 5.58. The summed E-state index contributed by atoms with van der Waals surface area (Å²) in [5.41, 5.74) is 0.758. The Balaban J connectivity index is 3.07. The van der Waals surface area contributed by atoms with E-state index in [4.69, 9.17) is 9.47 Å². The number of nitro benzene ring substituents is 1. The Morgan fingerprint density at radius 3 is 2.18 bits per heavy atom. The molecule has 22 heavy (non-hydrogen) atoms. The van der Waals surface area contributed by atoms with E-state index in [0.717, 1.165) is 19.6 Å². The summed E-state index contributed by atoms with van der Waals surface area (Å²) in [6, 6.07) is 3.16. The van der Waals surface area contributed by atoms with Crippen LogP contribution in [-0.4, -0.2) is 52.9 Å². The van der Waals surface area contributed by atoms with Gasteiger partial charge < -0.3 is 19.3 Å². The first-order chi connectivity index (χ1) is 10.4. The predicted molar refractivity (Wildman–Crippen MR) is 84.0 cm³/mol. The molecule has 0 spiro atoms. The second-order valence-electron chi connectivity index (χ2n) is 5.58. The van der Waals surface area contributed by atoms with Gasteiger partial charge in [-0.15, -0.1) is 0 Å². The van der Waals surface area contributed by atoms with Crippen molar-refractivity contribution in [1.82, 2.24) is 0 Å². The lowest BCUT2D eigenvalue weighted by Crippen LogP contribution is -3.17. The Bertz CT molecular complexity index is 506. The lowest BCUT2D eigenvalue weighted by atomic mass is 10.1. The van der Waals surface area contributed by atoms with Gasteiger partial charge in [0.05, 0.1) is 51.4 Å². The molecule has 7 nitrogen and oxygen atoms in total. The zero-order valence-electron chi connectivity index (χ0n) is 14.1. The van der Waals surface area contributed by atoms with Crippen LogP contribution in [-0.2, 0) is 6.54 Å². The van der Waals surface area contributed by atoms with Crippen molar-refractivity contribution in [2.75, 3.05) is 47.9 Å². The number of hydrogen-bond acceptors (Lipinski definition) is 4. The van der Waals surface area contributed by atoms with Gasteiger partial charge in [0.1, 0.15) is 19.6 Å². The summed E-state index contributed by atoms with van der Waals surface area (Å²) in [6.45, 7) is 5.58. The molecule has 0 radical (unpaired) electrons. The van der Waals surface area contributed by atoms with Crippen LogP contribution in [0.15, 0.2) is 12.1 Å². The topological polar surface area (TPSA) is 70.5 Å². The highest BCUT2D eigenvalue weighted by atomic mass is 16.6. The molecule has 0 bridgehead atoms. The van der Waals surface area contributed by atoms with Crippen LogP contribution in [0.3, 0.4) is 0 Å². The molecule has 0 heterocycles. The highest BCUT2D eigenvalue weighted by Crippen LogP contribution is 2.34. The van der Waals surface area contributed by atoms with Gasteiger partial charge in [-0.1, -0.05) is 0 Å². The van der Waals surface area contributed by atoms with Crippen LogP contribution < -0.4 is 19.3 Å². The van der Waals surface area contributed by atoms with Crippen molar-refractivity contribution in [2.45, 2.75) is 13.5 Å². The van der Waals surface area contributed by atoms with Crippen LogP contribution in [0.4, 0.5) is 5.69 Å². The van der Waals surface area contributed by atoms with E-state index in [1.807, 2.05) is 0 Å².